The molecule has 1 aromatic rings. The summed E-state index contributed by atoms with van der Waals surface area (Å²) in [5, 5.41) is 0. The molecule has 3 heterocycles. The van der Waals surface area contributed by atoms with Gasteiger partial charge < -0.3 is 14.4 Å². The number of amides is 1. The van der Waals surface area contributed by atoms with E-state index in [4.69, 9.17) is 9.47 Å². The highest BCUT2D eigenvalue weighted by Gasteiger charge is 2.42. The highest BCUT2D eigenvalue weighted by atomic mass is 16.5. The Morgan fingerprint density at radius 2 is 2.41 bits per heavy atom. The van der Waals surface area contributed by atoms with Crippen LogP contribution in [0.2, 0.25) is 0 Å². The molecule has 2 atom stereocenters. The van der Waals surface area contributed by atoms with Gasteiger partial charge in [-0.15, -0.1) is 0 Å². The zero-order valence-electron chi connectivity index (χ0n) is 13.4. The molecule has 0 radical (unpaired) electrons. The summed E-state index contributed by atoms with van der Waals surface area (Å²) in [5.41, 5.74) is 0.850. The molecule has 1 spiro atoms. The fourth-order valence-electron chi connectivity index (χ4n) is 3.16. The van der Waals surface area contributed by atoms with Crippen molar-refractivity contribution in [2.75, 3.05) is 26.3 Å². The van der Waals surface area contributed by atoms with Crippen LogP contribution in [0.3, 0.4) is 0 Å². The minimum atomic E-state index is 0.0696. The lowest BCUT2D eigenvalue weighted by Crippen LogP contribution is -2.32. The summed E-state index contributed by atoms with van der Waals surface area (Å²) in [4.78, 5) is 18.8. The molecule has 120 valence electrons. The molecule has 2 fully saturated rings. The summed E-state index contributed by atoms with van der Waals surface area (Å²) in [7, 11) is 0. The number of rotatable bonds is 4. The van der Waals surface area contributed by atoms with E-state index in [1.165, 1.54) is 0 Å². The summed E-state index contributed by atoms with van der Waals surface area (Å²) in [6.07, 6.45) is 4.77. The maximum Gasteiger partial charge on any atom is 0.254 e. The van der Waals surface area contributed by atoms with Gasteiger partial charge >= 0.3 is 0 Å². The number of nitrogens with zero attached hydrogens (tertiary/aromatic N) is 2. The fourth-order valence-corrected chi connectivity index (χ4v) is 3.16. The molecule has 5 heteroatoms. The van der Waals surface area contributed by atoms with E-state index in [2.05, 4.69) is 11.9 Å². The van der Waals surface area contributed by atoms with Gasteiger partial charge in [0.2, 0.25) is 5.88 Å². The average molecular weight is 304 g/mol. The molecule has 1 aromatic heterocycles. The molecule has 5 nitrogen and oxygen atoms in total. The van der Waals surface area contributed by atoms with Crippen LogP contribution in [0.5, 0.6) is 5.88 Å². The second-order valence-corrected chi connectivity index (χ2v) is 6.50. The zero-order chi connectivity index (χ0) is 15.6. The van der Waals surface area contributed by atoms with Crippen LogP contribution in [0.4, 0.5) is 0 Å². The van der Waals surface area contributed by atoms with Gasteiger partial charge in [0.25, 0.3) is 5.91 Å². The van der Waals surface area contributed by atoms with Crippen molar-refractivity contribution >= 4 is 5.91 Å². The lowest BCUT2D eigenvalue weighted by Gasteiger charge is -2.22. The van der Waals surface area contributed by atoms with E-state index in [0.717, 1.165) is 45.6 Å². The lowest BCUT2D eigenvalue weighted by atomic mass is 9.87. The van der Waals surface area contributed by atoms with Gasteiger partial charge in [-0.25, -0.2) is 4.98 Å². The third kappa shape index (κ3) is 3.09. The fraction of sp³-hybridized carbons (Fsp3) is 0.647. The Morgan fingerprint density at radius 3 is 3.14 bits per heavy atom. The van der Waals surface area contributed by atoms with Gasteiger partial charge in [-0.3, -0.25) is 4.79 Å². The van der Waals surface area contributed by atoms with E-state index < -0.39 is 0 Å². The summed E-state index contributed by atoms with van der Waals surface area (Å²) < 4.78 is 11.2. The van der Waals surface area contributed by atoms with E-state index in [-0.39, 0.29) is 17.4 Å². The van der Waals surface area contributed by atoms with Crippen molar-refractivity contribution in [3.63, 3.8) is 0 Å². The van der Waals surface area contributed by atoms with Crippen LogP contribution in [0.25, 0.3) is 0 Å². The van der Waals surface area contributed by atoms with Gasteiger partial charge in [0.1, 0.15) is 0 Å². The number of carbonyl (C=O) groups is 1. The predicted octanol–water partition coefficient (Wildman–Crippen LogP) is 2.51. The Bertz CT molecular complexity index is 540. The maximum absolute atomic E-state index is 12.7. The molecular formula is C17H24N2O3. The van der Waals surface area contributed by atoms with Crippen LogP contribution in [0, 0.1) is 5.41 Å². The standard InChI is InChI=1S/C17H24N2O3/c1-3-13(2)22-15-10-14(4-7-18-15)16(20)19-8-5-17(11-19)6-9-21-12-17/h4,7,10,13H,3,5-6,8-9,11-12H2,1-2H3/t13-,17+/m0/s1. The van der Waals surface area contributed by atoms with Gasteiger partial charge in [0.05, 0.1) is 12.7 Å². The molecule has 2 aliphatic heterocycles. The first kappa shape index (κ1) is 15.3. The second kappa shape index (κ2) is 6.24. The van der Waals surface area contributed by atoms with Crippen LogP contribution in [-0.2, 0) is 4.74 Å². The predicted molar refractivity (Wildman–Crippen MR) is 83.0 cm³/mol. The van der Waals surface area contributed by atoms with Crippen molar-refractivity contribution < 1.29 is 14.3 Å². The number of carbonyl (C=O) groups excluding carboxylic acids is 1. The van der Waals surface area contributed by atoms with Gasteiger partial charge in [-0.05, 0) is 32.3 Å². The van der Waals surface area contributed by atoms with Crippen LogP contribution in [0.1, 0.15) is 43.5 Å². The summed E-state index contributed by atoms with van der Waals surface area (Å²) >= 11 is 0. The van der Waals surface area contributed by atoms with E-state index in [9.17, 15) is 4.79 Å². The smallest absolute Gasteiger partial charge is 0.254 e. The molecule has 0 bridgehead atoms. The Labute approximate surface area is 131 Å². The minimum absolute atomic E-state index is 0.0696. The van der Waals surface area contributed by atoms with Crippen molar-refractivity contribution in [1.82, 2.24) is 9.88 Å². The van der Waals surface area contributed by atoms with Crippen LogP contribution < -0.4 is 4.74 Å². The van der Waals surface area contributed by atoms with Crippen LogP contribution in [-0.4, -0.2) is 48.2 Å². The number of pyridine rings is 1. The van der Waals surface area contributed by atoms with Crippen molar-refractivity contribution in [2.45, 2.75) is 39.2 Å². The number of ether oxygens (including phenoxy) is 2. The molecular weight excluding hydrogens is 280 g/mol. The molecule has 0 aromatic carbocycles. The number of aromatic nitrogens is 1. The summed E-state index contributed by atoms with van der Waals surface area (Å²) in [5.74, 6) is 0.596. The van der Waals surface area contributed by atoms with E-state index >= 15 is 0 Å². The largest absolute Gasteiger partial charge is 0.475 e. The Hall–Kier alpha value is -1.62. The molecule has 0 aliphatic carbocycles. The number of hydrogen-bond donors (Lipinski definition) is 0. The highest BCUT2D eigenvalue weighted by Crippen LogP contribution is 2.38. The molecule has 2 saturated heterocycles. The van der Waals surface area contributed by atoms with Crippen LogP contribution in [0.15, 0.2) is 18.3 Å². The van der Waals surface area contributed by atoms with E-state index in [0.29, 0.717) is 11.4 Å². The van der Waals surface area contributed by atoms with Crippen molar-refractivity contribution in [3.8, 4) is 5.88 Å². The van der Waals surface area contributed by atoms with Gasteiger partial charge in [0, 0.05) is 42.9 Å². The normalized spacial score (nSPS) is 25.6. The topological polar surface area (TPSA) is 51.7 Å². The Kier molecular flexibility index (Phi) is 4.34. The number of hydrogen-bond acceptors (Lipinski definition) is 4. The monoisotopic (exact) mass is 304 g/mol. The maximum atomic E-state index is 12.7. The van der Waals surface area contributed by atoms with Crippen LogP contribution >= 0.6 is 0 Å². The third-order valence-electron chi connectivity index (χ3n) is 4.79. The Balaban J connectivity index is 1.68. The van der Waals surface area contributed by atoms with Crippen molar-refractivity contribution in [1.29, 1.82) is 0 Å². The van der Waals surface area contributed by atoms with E-state index in [1.54, 1.807) is 18.3 Å². The molecule has 0 saturated carbocycles. The van der Waals surface area contributed by atoms with Crippen molar-refractivity contribution in [2.24, 2.45) is 5.41 Å². The molecule has 2 aliphatic rings. The molecule has 22 heavy (non-hydrogen) atoms. The van der Waals surface area contributed by atoms with Gasteiger partial charge in [-0.1, -0.05) is 6.92 Å². The molecule has 0 unspecified atom stereocenters. The first-order valence-corrected chi connectivity index (χ1v) is 8.12. The van der Waals surface area contributed by atoms with Gasteiger partial charge in [0.15, 0.2) is 0 Å². The lowest BCUT2D eigenvalue weighted by molar-refractivity contribution is 0.0764. The highest BCUT2D eigenvalue weighted by molar-refractivity contribution is 5.94. The minimum Gasteiger partial charge on any atom is -0.475 e. The zero-order valence-corrected chi connectivity index (χ0v) is 13.4. The molecule has 1 amide bonds. The van der Waals surface area contributed by atoms with E-state index in [1.807, 2.05) is 11.8 Å². The molecule has 3 rings (SSSR count). The average Bonchev–Trinajstić information content (AvgIpc) is 3.17. The first-order valence-electron chi connectivity index (χ1n) is 8.12. The first-order chi connectivity index (χ1) is 10.6. The third-order valence-corrected chi connectivity index (χ3v) is 4.79. The SMILES string of the molecule is CC[C@H](C)Oc1cc(C(=O)N2CC[C@@]3(CCOC3)C2)ccn1. The summed E-state index contributed by atoms with van der Waals surface area (Å²) in [6, 6.07) is 3.52. The Morgan fingerprint density at radius 1 is 1.55 bits per heavy atom. The quantitative estimate of drug-likeness (QED) is 0.857. The van der Waals surface area contributed by atoms with Gasteiger partial charge in [-0.2, -0.15) is 0 Å². The summed E-state index contributed by atoms with van der Waals surface area (Å²) in [6.45, 7) is 7.29. The number of likely N-dealkylation sites (tertiary alicyclic amines) is 1. The second-order valence-electron chi connectivity index (χ2n) is 6.50. The van der Waals surface area contributed by atoms with Crippen molar-refractivity contribution in [3.05, 3.63) is 23.9 Å². The molecule has 0 N–H and O–H groups in total.